The number of sulfonamides is 1. The second kappa shape index (κ2) is 5.61. The van der Waals surface area contributed by atoms with Crippen LogP contribution in [0, 0.1) is 5.41 Å². The van der Waals surface area contributed by atoms with Crippen LogP contribution in [0.5, 0.6) is 0 Å². The van der Waals surface area contributed by atoms with Crippen LogP contribution in [0.2, 0.25) is 0 Å². The Morgan fingerprint density at radius 2 is 1.85 bits per heavy atom. The predicted molar refractivity (Wildman–Crippen MR) is 84.4 cm³/mol. The minimum Gasteiger partial charge on any atom is -0.398 e. The maximum absolute atomic E-state index is 11.8. The summed E-state index contributed by atoms with van der Waals surface area (Å²) < 4.78 is 25.9. The summed E-state index contributed by atoms with van der Waals surface area (Å²) in [5.41, 5.74) is 7.15. The molecule has 1 rings (SSSR count). The van der Waals surface area contributed by atoms with E-state index in [-0.39, 0.29) is 22.0 Å². The highest BCUT2D eigenvalue weighted by atomic mass is 32.2. The van der Waals surface area contributed by atoms with E-state index in [2.05, 4.69) is 37.3 Å². The lowest BCUT2D eigenvalue weighted by Gasteiger charge is -2.37. The molecule has 0 heterocycles. The number of hydrogen-bond donors (Lipinski definition) is 2. The molecule has 0 fully saturated rings. The molecule has 0 radical (unpaired) electrons. The Bertz CT molecular complexity index is 577. The smallest absolute Gasteiger partial charge is 0.242 e. The molecule has 0 spiro atoms. The van der Waals surface area contributed by atoms with E-state index in [0.29, 0.717) is 0 Å². The van der Waals surface area contributed by atoms with E-state index in [1.165, 1.54) is 7.05 Å². The number of nitrogens with zero attached hydrogens (tertiary/aromatic N) is 1. The van der Waals surface area contributed by atoms with Crippen LogP contribution in [0.25, 0.3) is 0 Å². The van der Waals surface area contributed by atoms with E-state index >= 15 is 0 Å². The average Bonchev–Trinajstić information content (AvgIpc) is 2.35. The van der Waals surface area contributed by atoms with Crippen molar-refractivity contribution >= 4 is 21.4 Å². The molecule has 0 saturated heterocycles. The molecular formula is C14H25N3O2S. The van der Waals surface area contributed by atoms with Gasteiger partial charge in [-0.05, 0) is 37.6 Å². The van der Waals surface area contributed by atoms with Crippen LogP contribution in [-0.4, -0.2) is 28.6 Å². The summed E-state index contributed by atoms with van der Waals surface area (Å²) in [5.74, 6) is 0. The van der Waals surface area contributed by atoms with Gasteiger partial charge in [0.1, 0.15) is 4.90 Å². The summed E-state index contributed by atoms with van der Waals surface area (Å²) in [6.45, 7) is 8.63. The standard InChI is InChI=1S/C14H25N3O2S/c1-10(14(2,3)4)17(6)11-7-8-13(12(15)9-11)20(18,19)16-5/h7-10,16H,15H2,1-6H3. The van der Waals surface area contributed by atoms with Gasteiger partial charge in [0, 0.05) is 18.8 Å². The first-order valence-electron chi connectivity index (χ1n) is 6.56. The molecule has 0 aliphatic rings. The number of nitrogens with one attached hydrogen (secondary N) is 1. The fraction of sp³-hybridized carbons (Fsp3) is 0.571. The maximum Gasteiger partial charge on any atom is 0.242 e. The second-order valence-electron chi connectivity index (χ2n) is 6.08. The Morgan fingerprint density at radius 3 is 2.25 bits per heavy atom. The van der Waals surface area contributed by atoms with Crippen molar-refractivity contribution in [3.8, 4) is 0 Å². The Labute approximate surface area is 122 Å². The summed E-state index contributed by atoms with van der Waals surface area (Å²) in [7, 11) is -0.159. The van der Waals surface area contributed by atoms with Gasteiger partial charge in [0.2, 0.25) is 10.0 Å². The highest BCUT2D eigenvalue weighted by Gasteiger charge is 2.25. The van der Waals surface area contributed by atoms with Crippen LogP contribution in [0.3, 0.4) is 0 Å². The summed E-state index contributed by atoms with van der Waals surface area (Å²) in [4.78, 5) is 2.21. The molecule has 0 bridgehead atoms. The third-order valence-corrected chi connectivity index (χ3v) is 5.28. The van der Waals surface area contributed by atoms with Crippen LogP contribution < -0.4 is 15.4 Å². The van der Waals surface area contributed by atoms with Gasteiger partial charge in [-0.25, -0.2) is 13.1 Å². The molecule has 1 atom stereocenters. The largest absolute Gasteiger partial charge is 0.398 e. The highest BCUT2D eigenvalue weighted by molar-refractivity contribution is 7.89. The normalized spacial score (nSPS) is 14.1. The zero-order chi connectivity index (χ0) is 15.7. The number of nitrogens with two attached hydrogens (primary N) is 1. The predicted octanol–water partition coefficient (Wildman–Crippen LogP) is 2.05. The summed E-state index contributed by atoms with van der Waals surface area (Å²) in [6, 6.07) is 5.31. The summed E-state index contributed by atoms with van der Waals surface area (Å²) in [6.07, 6.45) is 0. The van der Waals surface area contributed by atoms with E-state index in [0.717, 1.165) is 5.69 Å². The fourth-order valence-corrected chi connectivity index (χ4v) is 2.75. The van der Waals surface area contributed by atoms with Crippen molar-refractivity contribution in [2.45, 2.75) is 38.6 Å². The van der Waals surface area contributed by atoms with E-state index < -0.39 is 10.0 Å². The number of hydrogen-bond acceptors (Lipinski definition) is 4. The minimum atomic E-state index is -3.51. The Morgan fingerprint density at radius 1 is 1.30 bits per heavy atom. The van der Waals surface area contributed by atoms with Crippen LogP contribution >= 0.6 is 0 Å². The van der Waals surface area contributed by atoms with Gasteiger partial charge < -0.3 is 10.6 Å². The van der Waals surface area contributed by atoms with Crippen LogP contribution in [0.4, 0.5) is 11.4 Å². The monoisotopic (exact) mass is 299 g/mol. The van der Waals surface area contributed by atoms with Gasteiger partial charge >= 0.3 is 0 Å². The molecule has 1 aromatic carbocycles. The maximum atomic E-state index is 11.8. The molecule has 0 aliphatic heterocycles. The molecule has 6 heteroatoms. The van der Waals surface area contributed by atoms with Crippen LogP contribution in [0.1, 0.15) is 27.7 Å². The van der Waals surface area contributed by atoms with Gasteiger partial charge in [-0.2, -0.15) is 0 Å². The molecular weight excluding hydrogens is 274 g/mol. The Balaban J connectivity index is 3.17. The fourth-order valence-electron chi connectivity index (χ4n) is 1.91. The first-order chi connectivity index (χ1) is 9.00. The van der Waals surface area contributed by atoms with Gasteiger partial charge in [-0.15, -0.1) is 0 Å². The third-order valence-electron chi connectivity index (χ3n) is 3.79. The highest BCUT2D eigenvalue weighted by Crippen LogP contribution is 2.30. The lowest BCUT2D eigenvalue weighted by atomic mass is 9.87. The van der Waals surface area contributed by atoms with Crippen molar-refractivity contribution in [3.05, 3.63) is 18.2 Å². The summed E-state index contributed by atoms with van der Waals surface area (Å²) in [5, 5.41) is 0. The molecule has 0 saturated carbocycles. The Hall–Kier alpha value is -1.27. The van der Waals surface area contributed by atoms with Crippen LogP contribution in [0.15, 0.2) is 23.1 Å². The van der Waals surface area contributed by atoms with E-state index in [1.807, 2.05) is 7.05 Å². The molecule has 1 unspecified atom stereocenters. The van der Waals surface area contributed by atoms with Gasteiger partial charge in [-0.1, -0.05) is 20.8 Å². The van der Waals surface area contributed by atoms with Gasteiger partial charge in [0.15, 0.2) is 0 Å². The molecule has 0 aliphatic carbocycles. The van der Waals surface area contributed by atoms with Crippen molar-refractivity contribution in [2.24, 2.45) is 5.41 Å². The first-order valence-corrected chi connectivity index (χ1v) is 8.05. The molecule has 1 aromatic rings. The third kappa shape index (κ3) is 3.43. The van der Waals surface area contributed by atoms with E-state index in [1.54, 1.807) is 18.2 Å². The molecule has 5 nitrogen and oxygen atoms in total. The van der Waals surface area contributed by atoms with Crippen molar-refractivity contribution in [3.63, 3.8) is 0 Å². The Kier molecular flexibility index (Phi) is 4.71. The van der Waals surface area contributed by atoms with E-state index in [9.17, 15) is 8.42 Å². The van der Waals surface area contributed by atoms with Crippen LogP contribution in [-0.2, 0) is 10.0 Å². The molecule has 20 heavy (non-hydrogen) atoms. The van der Waals surface area contributed by atoms with Crippen molar-refractivity contribution in [1.29, 1.82) is 0 Å². The van der Waals surface area contributed by atoms with Crippen molar-refractivity contribution < 1.29 is 8.42 Å². The lowest BCUT2D eigenvalue weighted by Crippen LogP contribution is -2.39. The van der Waals surface area contributed by atoms with Gasteiger partial charge in [0.25, 0.3) is 0 Å². The number of anilines is 2. The lowest BCUT2D eigenvalue weighted by molar-refractivity contribution is 0.330. The van der Waals surface area contributed by atoms with E-state index in [4.69, 9.17) is 5.73 Å². The van der Waals surface area contributed by atoms with Gasteiger partial charge in [0.05, 0.1) is 5.69 Å². The minimum absolute atomic E-state index is 0.110. The number of benzene rings is 1. The number of rotatable bonds is 4. The molecule has 3 N–H and O–H groups in total. The zero-order valence-electron chi connectivity index (χ0n) is 13.1. The molecule has 0 aromatic heterocycles. The topological polar surface area (TPSA) is 75.4 Å². The average molecular weight is 299 g/mol. The molecule has 0 amide bonds. The van der Waals surface area contributed by atoms with Crippen molar-refractivity contribution in [1.82, 2.24) is 4.72 Å². The number of nitrogen functional groups attached to an aromatic ring is 1. The first kappa shape index (κ1) is 16.8. The van der Waals surface area contributed by atoms with Gasteiger partial charge in [-0.3, -0.25) is 0 Å². The SMILES string of the molecule is CNS(=O)(=O)c1ccc(N(C)C(C)C(C)(C)C)cc1N. The zero-order valence-corrected chi connectivity index (χ0v) is 13.9. The summed E-state index contributed by atoms with van der Waals surface area (Å²) >= 11 is 0. The molecule has 114 valence electrons. The van der Waals surface area contributed by atoms with Crippen molar-refractivity contribution in [2.75, 3.05) is 24.7 Å². The second-order valence-corrected chi connectivity index (χ2v) is 7.94. The quantitative estimate of drug-likeness (QED) is 0.834.